The number of rotatable bonds is 5. The lowest BCUT2D eigenvalue weighted by Crippen LogP contribution is -2.54. The van der Waals surface area contributed by atoms with Crippen LogP contribution in [0, 0.1) is 17.8 Å². The van der Waals surface area contributed by atoms with Crippen LogP contribution in [0.5, 0.6) is 0 Å². The molecule has 1 saturated carbocycles. The first-order valence-corrected chi connectivity index (χ1v) is 8.62. The van der Waals surface area contributed by atoms with E-state index in [0.29, 0.717) is 13.1 Å². The van der Waals surface area contributed by atoms with E-state index in [1.54, 1.807) is 18.9 Å². The van der Waals surface area contributed by atoms with Crippen molar-refractivity contribution in [2.24, 2.45) is 29.4 Å². The quantitative estimate of drug-likeness (QED) is 0.466. The lowest BCUT2D eigenvalue weighted by molar-refractivity contribution is -0.141. The summed E-state index contributed by atoms with van der Waals surface area (Å²) in [5.74, 6) is 12.0. The van der Waals surface area contributed by atoms with Crippen LogP contribution in [-0.4, -0.2) is 39.5 Å². The van der Waals surface area contributed by atoms with Crippen molar-refractivity contribution in [3.05, 3.63) is 29.6 Å². The number of hydrogen-bond acceptors (Lipinski definition) is 5. The molecule has 0 radical (unpaired) electrons. The molecule has 2 fully saturated rings. The van der Waals surface area contributed by atoms with Crippen LogP contribution >= 0.6 is 0 Å². The molecule has 144 valence electrons. The predicted octanol–water partition coefficient (Wildman–Crippen LogP) is 1.57. The van der Waals surface area contributed by atoms with E-state index in [0.717, 1.165) is 6.07 Å². The Balaban J connectivity index is 1.63. The van der Waals surface area contributed by atoms with Crippen LogP contribution in [-0.2, 0) is 17.4 Å². The standard InChI is InChI=1S/C17H24F3N5O/c1-16(2,6-5-13-12(17(18,19)20)4-3-7-23-13)25(22)15(26)14-10-8-24(21)9-11(10)14/h3-4,7,10-11,14H,5-6,8-9,21-22H2,1-2H3/t10-,11+,14?. The Labute approximate surface area is 150 Å². The molecule has 2 aliphatic rings. The van der Waals surface area contributed by atoms with E-state index < -0.39 is 17.3 Å². The first kappa shape index (κ1) is 19.1. The number of carbonyl (C=O) groups is 1. The Morgan fingerprint density at radius 2 is 1.96 bits per heavy atom. The van der Waals surface area contributed by atoms with Gasteiger partial charge in [0, 0.05) is 25.2 Å². The average molecular weight is 371 g/mol. The second kappa shape index (κ2) is 6.47. The van der Waals surface area contributed by atoms with Crippen LogP contribution in [0.25, 0.3) is 0 Å². The highest BCUT2D eigenvalue weighted by atomic mass is 19.4. The summed E-state index contributed by atoms with van der Waals surface area (Å²) in [6.45, 7) is 4.87. The summed E-state index contributed by atoms with van der Waals surface area (Å²) in [5, 5.41) is 2.89. The van der Waals surface area contributed by atoms with Gasteiger partial charge in [0.2, 0.25) is 5.91 Å². The van der Waals surface area contributed by atoms with E-state index in [1.165, 1.54) is 17.3 Å². The molecule has 1 amide bonds. The average Bonchev–Trinajstić information content (AvgIpc) is 3.07. The predicted molar refractivity (Wildman–Crippen MR) is 88.9 cm³/mol. The number of fused-ring (bicyclic) bond motifs is 1. The van der Waals surface area contributed by atoms with Gasteiger partial charge in [0.15, 0.2) is 0 Å². The molecule has 4 N–H and O–H groups in total. The molecule has 6 nitrogen and oxygen atoms in total. The summed E-state index contributed by atoms with van der Waals surface area (Å²) in [6.07, 6.45) is -2.75. The fraction of sp³-hybridized carbons (Fsp3) is 0.647. The number of aryl methyl sites for hydroxylation is 1. The molecule has 2 heterocycles. The van der Waals surface area contributed by atoms with Gasteiger partial charge in [-0.1, -0.05) is 0 Å². The second-order valence-corrected chi connectivity index (χ2v) is 7.82. The second-order valence-electron chi connectivity index (χ2n) is 7.82. The fourth-order valence-corrected chi connectivity index (χ4v) is 3.82. The number of carbonyl (C=O) groups excluding carboxylic acids is 1. The molecule has 26 heavy (non-hydrogen) atoms. The van der Waals surface area contributed by atoms with Gasteiger partial charge < -0.3 is 0 Å². The molecule has 1 aliphatic heterocycles. The molecule has 9 heteroatoms. The van der Waals surface area contributed by atoms with Crippen molar-refractivity contribution < 1.29 is 18.0 Å². The summed E-state index contributed by atoms with van der Waals surface area (Å²) in [4.78, 5) is 16.5. The number of alkyl halides is 3. The summed E-state index contributed by atoms with van der Waals surface area (Å²) in [5.41, 5.74) is -1.56. The highest BCUT2D eigenvalue weighted by Crippen LogP contribution is 2.52. The topological polar surface area (TPSA) is 88.5 Å². The molecule has 3 rings (SSSR count). The number of pyridine rings is 1. The summed E-state index contributed by atoms with van der Waals surface area (Å²) in [6, 6.07) is 2.29. The summed E-state index contributed by atoms with van der Waals surface area (Å²) >= 11 is 0. The third kappa shape index (κ3) is 3.56. The van der Waals surface area contributed by atoms with Crippen molar-refractivity contribution in [1.82, 2.24) is 15.0 Å². The smallest absolute Gasteiger partial charge is 0.275 e. The van der Waals surface area contributed by atoms with Crippen molar-refractivity contribution in [1.29, 1.82) is 0 Å². The van der Waals surface area contributed by atoms with Gasteiger partial charge in [0.1, 0.15) is 0 Å². The molecule has 0 aromatic carbocycles. The van der Waals surface area contributed by atoms with Crippen LogP contribution in [0.4, 0.5) is 13.2 Å². The van der Waals surface area contributed by atoms with Gasteiger partial charge in [-0.05, 0) is 50.7 Å². The maximum atomic E-state index is 13.1. The first-order chi connectivity index (χ1) is 12.0. The molecule has 3 atom stereocenters. The lowest BCUT2D eigenvalue weighted by Gasteiger charge is -2.35. The molecule has 1 aromatic rings. The highest BCUT2D eigenvalue weighted by Gasteiger charge is 2.60. The van der Waals surface area contributed by atoms with Gasteiger partial charge in [-0.15, -0.1) is 0 Å². The monoisotopic (exact) mass is 371 g/mol. The Kier molecular flexibility index (Phi) is 4.74. The number of amides is 1. The van der Waals surface area contributed by atoms with E-state index in [2.05, 4.69) is 4.98 Å². The molecule has 1 aromatic heterocycles. The molecule has 0 bridgehead atoms. The van der Waals surface area contributed by atoms with E-state index >= 15 is 0 Å². The SMILES string of the molecule is CC(C)(CCc1ncccc1C(F)(F)F)N(N)C(=O)C1[C@H]2CN(N)C[C@@H]12. The van der Waals surface area contributed by atoms with Crippen LogP contribution in [0.1, 0.15) is 31.5 Å². The van der Waals surface area contributed by atoms with E-state index in [1.807, 2.05) is 0 Å². The van der Waals surface area contributed by atoms with Crippen molar-refractivity contribution in [3.8, 4) is 0 Å². The zero-order valence-electron chi connectivity index (χ0n) is 14.8. The van der Waals surface area contributed by atoms with E-state index in [-0.39, 0.29) is 42.2 Å². The number of hydrazine groups is 2. The fourth-order valence-electron chi connectivity index (χ4n) is 3.82. The van der Waals surface area contributed by atoms with Crippen LogP contribution < -0.4 is 11.7 Å². The minimum absolute atomic E-state index is 0.0315. The lowest BCUT2D eigenvalue weighted by atomic mass is 9.94. The van der Waals surface area contributed by atoms with Gasteiger partial charge in [-0.2, -0.15) is 13.2 Å². The maximum Gasteiger partial charge on any atom is 0.418 e. The minimum Gasteiger partial charge on any atom is -0.275 e. The highest BCUT2D eigenvalue weighted by molar-refractivity contribution is 5.82. The van der Waals surface area contributed by atoms with Crippen LogP contribution in [0.3, 0.4) is 0 Å². The third-order valence-electron chi connectivity index (χ3n) is 5.57. The number of halogens is 3. The van der Waals surface area contributed by atoms with Crippen LogP contribution in [0.15, 0.2) is 18.3 Å². The van der Waals surface area contributed by atoms with Crippen molar-refractivity contribution in [2.75, 3.05) is 13.1 Å². The molecular formula is C17H24F3N5O. The van der Waals surface area contributed by atoms with Crippen molar-refractivity contribution in [3.63, 3.8) is 0 Å². The number of hydrogen-bond donors (Lipinski definition) is 2. The van der Waals surface area contributed by atoms with Crippen LogP contribution in [0.2, 0.25) is 0 Å². The van der Waals surface area contributed by atoms with Crippen molar-refractivity contribution in [2.45, 2.75) is 38.4 Å². The van der Waals surface area contributed by atoms with Gasteiger partial charge in [-0.25, -0.2) is 10.9 Å². The van der Waals surface area contributed by atoms with Crippen molar-refractivity contribution >= 4 is 5.91 Å². The number of nitrogens with zero attached hydrogens (tertiary/aromatic N) is 3. The Morgan fingerprint density at radius 3 is 2.54 bits per heavy atom. The summed E-state index contributed by atoms with van der Waals surface area (Å²) in [7, 11) is 0. The molecule has 1 unspecified atom stereocenters. The molecule has 1 saturated heterocycles. The summed E-state index contributed by atoms with van der Waals surface area (Å²) < 4.78 is 39.3. The number of aromatic nitrogens is 1. The molecular weight excluding hydrogens is 347 g/mol. The van der Waals surface area contributed by atoms with E-state index in [9.17, 15) is 18.0 Å². The van der Waals surface area contributed by atoms with Gasteiger partial charge in [-0.3, -0.25) is 20.6 Å². The van der Waals surface area contributed by atoms with Gasteiger partial charge in [0.25, 0.3) is 0 Å². The van der Waals surface area contributed by atoms with Gasteiger partial charge in [0.05, 0.1) is 16.8 Å². The zero-order valence-corrected chi connectivity index (χ0v) is 14.8. The largest absolute Gasteiger partial charge is 0.418 e. The molecule has 0 spiro atoms. The first-order valence-electron chi connectivity index (χ1n) is 8.62. The van der Waals surface area contributed by atoms with E-state index in [4.69, 9.17) is 11.7 Å². The Hall–Kier alpha value is -1.71. The van der Waals surface area contributed by atoms with Gasteiger partial charge >= 0.3 is 6.18 Å². The number of nitrogens with two attached hydrogens (primary N) is 2. The minimum atomic E-state index is -4.45. The number of piperidine rings is 1. The third-order valence-corrected chi connectivity index (χ3v) is 5.57. The Bertz CT molecular complexity index is 681. The molecule has 1 aliphatic carbocycles. The Morgan fingerprint density at radius 1 is 1.35 bits per heavy atom. The maximum absolute atomic E-state index is 13.1. The normalized spacial score (nSPS) is 25.9. The zero-order chi connectivity index (χ0) is 19.3.